The summed E-state index contributed by atoms with van der Waals surface area (Å²) in [6.07, 6.45) is 3.34. The fourth-order valence-corrected chi connectivity index (χ4v) is 2.75. The fourth-order valence-electron chi connectivity index (χ4n) is 2.49. The Labute approximate surface area is 162 Å². The van der Waals surface area contributed by atoms with Gasteiger partial charge in [0.25, 0.3) is 0 Å². The summed E-state index contributed by atoms with van der Waals surface area (Å²) in [6, 6.07) is 11.2. The van der Waals surface area contributed by atoms with Crippen LogP contribution in [0.2, 0.25) is 0 Å². The zero-order chi connectivity index (χ0) is 18.8. The minimum Gasteiger partial charge on any atom is -0.467 e. The molecule has 0 aliphatic carbocycles. The molecule has 0 bridgehead atoms. The van der Waals surface area contributed by atoms with Crippen LogP contribution in [0.1, 0.15) is 22.1 Å². The normalized spacial score (nSPS) is 10.9. The second-order valence-electron chi connectivity index (χ2n) is 5.73. The molecule has 1 aromatic carbocycles. The Morgan fingerprint density at radius 1 is 1.26 bits per heavy atom. The van der Waals surface area contributed by atoms with E-state index >= 15 is 0 Å². The zero-order valence-corrected chi connectivity index (χ0v) is 15.8. The zero-order valence-electron chi connectivity index (χ0n) is 14.2. The third-order valence-corrected chi connectivity index (χ3v) is 4.38. The predicted octanol–water partition coefficient (Wildman–Crippen LogP) is 3.52. The number of carbonyl (C=O) groups is 1. The highest BCUT2D eigenvalue weighted by Crippen LogP contribution is 2.22. The van der Waals surface area contributed by atoms with Gasteiger partial charge in [0, 0.05) is 10.7 Å². The molecule has 9 heteroatoms. The first-order valence-electron chi connectivity index (χ1n) is 8.07. The van der Waals surface area contributed by atoms with Crippen LogP contribution in [0, 0.1) is 6.92 Å². The lowest BCUT2D eigenvalue weighted by Gasteiger charge is -2.00. The molecule has 0 saturated carbocycles. The van der Waals surface area contributed by atoms with E-state index in [0.29, 0.717) is 17.1 Å². The van der Waals surface area contributed by atoms with E-state index in [1.165, 1.54) is 6.26 Å². The van der Waals surface area contributed by atoms with Crippen molar-refractivity contribution in [1.82, 2.24) is 25.2 Å². The summed E-state index contributed by atoms with van der Waals surface area (Å²) in [6.45, 7) is 2.09. The van der Waals surface area contributed by atoms with Gasteiger partial charge in [-0.3, -0.25) is 4.79 Å². The molecule has 0 fully saturated rings. The second kappa shape index (κ2) is 7.20. The van der Waals surface area contributed by atoms with E-state index < -0.39 is 5.91 Å². The van der Waals surface area contributed by atoms with Crippen molar-refractivity contribution in [2.45, 2.75) is 13.5 Å². The van der Waals surface area contributed by atoms with Crippen LogP contribution in [0.15, 0.2) is 62.3 Å². The molecule has 4 aromatic rings. The molecular formula is C18H14BrN5O3. The summed E-state index contributed by atoms with van der Waals surface area (Å²) < 4.78 is 13.0. The Bertz CT molecular complexity index is 1070. The predicted molar refractivity (Wildman–Crippen MR) is 99.2 cm³/mol. The third-order valence-electron chi connectivity index (χ3n) is 3.85. The van der Waals surface area contributed by atoms with E-state index in [-0.39, 0.29) is 12.4 Å². The Hall–Kier alpha value is -3.20. The summed E-state index contributed by atoms with van der Waals surface area (Å²) in [4.78, 5) is 16.3. The van der Waals surface area contributed by atoms with Crippen molar-refractivity contribution in [3.63, 3.8) is 0 Å². The molecule has 0 unspecified atom stereocenters. The molecule has 0 aliphatic rings. The maximum absolute atomic E-state index is 12.2. The van der Waals surface area contributed by atoms with Gasteiger partial charge in [0.05, 0.1) is 29.8 Å². The second-order valence-corrected chi connectivity index (χ2v) is 6.65. The smallest absolute Gasteiger partial charge is 0.316 e. The number of aromatic nitrogens is 4. The van der Waals surface area contributed by atoms with Gasteiger partial charge in [0.1, 0.15) is 5.76 Å². The monoisotopic (exact) mass is 427 g/mol. The summed E-state index contributed by atoms with van der Waals surface area (Å²) in [5.74, 6) is 0.351. The van der Waals surface area contributed by atoms with Crippen LogP contribution < -0.4 is 5.32 Å². The number of hydrogen-bond acceptors (Lipinski definition) is 6. The van der Waals surface area contributed by atoms with E-state index in [2.05, 4.69) is 36.5 Å². The van der Waals surface area contributed by atoms with E-state index in [4.69, 9.17) is 8.94 Å². The fraction of sp³-hybridized carbons (Fsp3) is 0.111. The lowest BCUT2D eigenvalue weighted by Crippen LogP contribution is -2.22. The van der Waals surface area contributed by atoms with Crippen molar-refractivity contribution in [3.05, 3.63) is 70.7 Å². The van der Waals surface area contributed by atoms with Crippen LogP contribution in [0.3, 0.4) is 0 Å². The molecule has 0 aliphatic heterocycles. The molecule has 1 N–H and O–H groups in total. The van der Waals surface area contributed by atoms with Crippen LogP contribution in [-0.4, -0.2) is 25.8 Å². The van der Waals surface area contributed by atoms with Crippen molar-refractivity contribution in [2.75, 3.05) is 0 Å². The SMILES string of the molecule is Cc1nn(-c2ccc(Br)cc2)cc1-c1noc(C(=O)NCc2ccco2)n1. The Kier molecular flexibility index (Phi) is 4.59. The van der Waals surface area contributed by atoms with Gasteiger partial charge in [-0.2, -0.15) is 10.1 Å². The van der Waals surface area contributed by atoms with E-state index in [9.17, 15) is 4.79 Å². The Morgan fingerprint density at radius 3 is 2.81 bits per heavy atom. The lowest BCUT2D eigenvalue weighted by molar-refractivity contribution is 0.0904. The van der Waals surface area contributed by atoms with E-state index in [1.54, 1.807) is 23.0 Å². The molecule has 3 heterocycles. The summed E-state index contributed by atoms with van der Waals surface area (Å²) in [5, 5.41) is 11.0. The van der Waals surface area contributed by atoms with Crippen molar-refractivity contribution < 1.29 is 13.7 Å². The first kappa shape index (κ1) is 17.2. The number of furan rings is 1. The molecular weight excluding hydrogens is 414 g/mol. The Balaban J connectivity index is 1.52. The number of carbonyl (C=O) groups excluding carboxylic acids is 1. The van der Waals surface area contributed by atoms with Crippen LogP contribution in [0.25, 0.3) is 17.1 Å². The minimum atomic E-state index is -0.469. The maximum Gasteiger partial charge on any atom is 0.316 e. The molecule has 4 rings (SSSR count). The summed E-state index contributed by atoms with van der Waals surface area (Å²) >= 11 is 3.41. The lowest BCUT2D eigenvalue weighted by atomic mass is 10.2. The number of rotatable bonds is 5. The standard InChI is InChI=1S/C18H14BrN5O3/c1-11-15(10-24(22-11)13-6-4-12(19)5-7-13)16-21-18(27-23-16)17(25)20-9-14-3-2-8-26-14/h2-8,10H,9H2,1H3,(H,20,25). The van der Waals surface area contributed by atoms with Gasteiger partial charge in [-0.25, -0.2) is 4.68 Å². The van der Waals surface area contributed by atoms with Gasteiger partial charge in [0.2, 0.25) is 5.82 Å². The van der Waals surface area contributed by atoms with Gasteiger partial charge in [-0.15, -0.1) is 0 Å². The maximum atomic E-state index is 12.2. The highest BCUT2D eigenvalue weighted by atomic mass is 79.9. The van der Waals surface area contributed by atoms with Gasteiger partial charge in [-0.1, -0.05) is 21.1 Å². The number of nitrogens with one attached hydrogen (secondary N) is 1. The molecule has 3 aromatic heterocycles. The topological polar surface area (TPSA) is 99.0 Å². The molecule has 0 atom stereocenters. The quantitative estimate of drug-likeness (QED) is 0.522. The largest absolute Gasteiger partial charge is 0.467 e. The highest BCUT2D eigenvalue weighted by Gasteiger charge is 2.19. The van der Waals surface area contributed by atoms with Gasteiger partial charge in [0.15, 0.2) is 0 Å². The Morgan fingerprint density at radius 2 is 2.07 bits per heavy atom. The number of aryl methyl sites for hydroxylation is 1. The number of hydrogen-bond donors (Lipinski definition) is 1. The molecule has 0 radical (unpaired) electrons. The molecule has 0 saturated heterocycles. The molecule has 1 amide bonds. The van der Waals surface area contributed by atoms with E-state index in [1.807, 2.05) is 31.2 Å². The van der Waals surface area contributed by atoms with Crippen LogP contribution in [-0.2, 0) is 6.54 Å². The van der Waals surface area contributed by atoms with Crippen molar-refractivity contribution >= 4 is 21.8 Å². The summed E-state index contributed by atoms with van der Waals surface area (Å²) in [7, 11) is 0. The highest BCUT2D eigenvalue weighted by molar-refractivity contribution is 9.10. The molecule has 27 heavy (non-hydrogen) atoms. The van der Waals surface area contributed by atoms with Crippen molar-refractivity contribution in [3.8, 4) is 17.1 Å². The van der Waals surface area contributed by atoms with E-state index in [0.717, 1.165) is 15.9 Å². The third kappa shape index (κ3) is 3.68. The first-order valence-corrected chi connectivity index (χ1v) is 8.86. The van der Waals surface area contributed by atoms with Crippen LogP contribution in [0.4, 0.5) is 0 Å². The van der Waals surface area contributed by atoms with Crippen LogP contribution in [0.5, 0.6) is 0 Å². The summed E-state index contributed by atoms with van der Waals surface area (Å²) in [5.41, 5.74) is 2.31. The van der Waals surface area contributed by atoms with Gasteiger partial charge >= 0.3 is 11.8 Å². The number of benzene rings is 1. The van der Waals surface area contributed by atoms with Crippen LogP contribution >= 0.6 is 15.9 Å². The number of halogens is 1. The van der Waals surface area contributed by atoms with Gasteiger partial charge in [-0.05, 0) is 43.3 Å². The number of amides is 1. The number of nitrogens with zero attached hydrogens (tertiary/aromatic N) is 4. The van der Waals surface area contributed by atoms with Gasteiger partial charge < -0.3 is 14.3 Å². The average Bonchev–Trinajstić information content (AvgIpc) is 3.41. The minimum absolute atomic E-state index is 0.118. The first-order chi connectivity index (χ1) is 13.1. The average molecular weight is 428 g/mol. The van der Waals surface area contributed by atoms with Crippen molar-refractivity contribution in [1.29, 1.82) is 0 Å². The van der Waals surface area contributed by atoms with Crippen molar-refractivity contribution in [2.24, 2.45) is 0 Å². The molecule has 0 spiro atoms. The molecule has 136 valence electrons. The molecule has 8 nitrogen and oxygen atoms in total.